The van der Waals surface area contributed by atoms with Crippen molar-refractivity contribution < 1.29 is 4.79 Å². The minimum Gasteiger partial charge on any atom is -0.289 e. The fourth-order valence-electron chi connectivity index (χ4n) is 3.19. The van der Waals surface area contributed by atoms with Gasteiger partial charge in [-0.2, -0.15) is 0 Å². The first-order valence-electron chi connectivity index (χ1n) is 8.67. The Morgan fingerprint density at radius 2 is 1.23 bits per heavy atom. The van der Waals surface area contributed by atoms with E-state index in [0.29, 0.717) is 11.1 Å². The summed E-state index contributed by atoms with van der Waals surface area (Å²) in [4.78, 5) is 13.3. The summed E-state index contributed by atoms with van der Waals surface area (Å²) in [5.74, 6) is 0.0332. The molecule has 0 saturated carbocycles. The van der Waals surface area contributed by atoms with Crippen LogP contribution in [0.2, 0.25) is 0 Å². The fourth-order valence-corrected chi connectivity index (χ4v) is 3.19. The molecule has 4 aromatic rings. The van der Waals surface area contributed by atoms with Crippen molar-refractivity contribution in [2.75, 3.05) is 0 Å². The minimum atomic E-state index is 0.0332. The number of hydrogen-bond acceptors (Lipinski definition) is 1. The zero-order valence-corrected chi connectivity index (χ0v) is 14.3. The second-order valence-electron chi connectivity index (χ2n) is 6.19. The average molecular weight is 334 g/mol. The molecule has 4 aromatic carbocycles. The SMILES string of the molecule is O=C(C(=Cc1ccccc1)c1cccc2ccccc12)c1ccccc1. The van der Waals surface area contributed by atoms with E-state index < -0.39 is 0 Å². The predicted molar refractivity (Wildman–Crippen MR) is 109 cm³/mol. The average Bonchev–Trinajstić information content (AvgIpc) is 2.73. The van der Waals surface area contributed by atoms with Crippen LogP contribution < -0.4 is 0 Å². The molecule has 124 valence electrons. The van der Waals surface area contributed by atoms with Crippen LogP contribution in [0.3, 0.4) is 0 Å². The van der Waals surface area contributed by atoms with Crippen LogP contribution in [-0.2, 0) is 0 Å². The highest BCUT2D eigenvalue weighted by atomic mass is 16.1. The van der Waals surface area contributed by atoms with E-state index in [9.17, 15) is 4.79 Å². The Morgan fingerprint density at radius 3 is 2.00 bits per heavy atom. The van der Waals surface area contributed by atoms with Gasteiger partial charge in [0.05, 0.1) is 0 Å². The van der Waals surface area contributed by atoms with Gasteiger partial charge >= 0.3 is 0 Å². The first-order valence-corrected chi connectivity index (χ1v) is 8.67. The molecular weight excluding hydrogens is 316 g/mol. The van der Waals surface area contributed by atoms with Crippen molar-refractivity contribution in [3.8, 4) is 0 Å². The van der Waals surface area contributed by atoms with E-state index in [2.05, 4.69) is 18.2 Å². The number of ketones is 1. The highest BCUT2D eigenvalue weighted by Gasteiger charge is 2.16. The number of benzene rings is 4. The molecule has 0 heterocycles. The van der Waals surface area contributed by atoms with E-state index in [0.717, 1.165) is 21.9 Å². The van der Waals surface area contributed by atoms with Crippen LogP contribution in [0, 0.1) is 0 Å². The lowest BCUT2D eigenvalue weighted by Gasteiger charge is -2.11. The first kappa shape index (κ1) is 16.0. The summed E-state index contributed by atoms with van der Waals surface area (Å²) in [7, 11) is 0. The van der Waals surface area contributed by atoms with Gasteiger partial charge in [-0.05, 0) is 28.0 Å². The van der Waals surface area contributed by atoms with Crippen LogP contribution in [0.1, 0.15) is 21.5 Å². The normalized spacial score (nSPS) is 11.5. The van der Waals surface area contributed by atoms with Gasteiger partial charge < -0.3 is 0 Å². The summed E-state index contributed by atoms with van der Waals surface area (Å²) in [6, 6.07) is 33.7. The van der Waals surface area contributed by atoms with Gasteiger partial charge in [-0.1, -0.05) is 103 Å². The van der Waals surface area contributed by atoms with Crippen LogP contribution in [0.5, 0.6) is 0 Å². The molecule has 0 aromatic heterocycles. The number of fused-ring (bicyclic) bond motifs is 1. The lowest BCUT2D eigenvalue weighted by Crippen LogP contribution is -2.03. The van der Waals surface area contributed by atoms with E-state index >= 15 is 0 Å². The van der Waals surface area contributed by atoms with E-state index in [-0.39, 0.29) is 5.78 Å². The third-order valence-corrected chi connectivity index (χ3v) is 4.47. The number of allylic oxidation sites excluding steroid dienone is 1. The van der Waals surface area contributed by atoms with E-state index in [1.807, 2.05) is 91.0 Å². The zero-order valence-electron chi connectivity index (χ0n) is 14.3. The van der Waals surface area contributed by atoms with E-state index in [1.54, 1.807) is 0 Å². The molecule has 0 atom stereocenters. The van der Waals surface area contributed by atoms with Gasteiger partial charge in [0.1, 0.15) is 0 Å². The zero-order chi connectivity index (χ0) is 17.8. The third kappa shape index (κ3) is 3.20. The molecule has 0 N–H and O–H groups in total. The first-order chi connectivity index (χ1) is 12.8. The Kier molecular flexibility index (Phi) is 4.44. The lowest BCUT2D eigenvalue weighted by atomic mass is 9.91. The second kappa shape index (κ2) is 7.20. The molecule has 4 rings (SSSR count). The number of Topliss-reactive ketones (excluding diaryl/α,β-unsaturated/α-hetero) is 1. The molecule has 0 saturated heterocycles. The number of hydrogen-bond donors (Lipinski definition) is 0. The van der Waals surface area contributed by atoms with Crippen LogP contribution in [0.15, 0.2) is 103 Å². The minimum absolute atomic E-state index is 0.0332. The highest BCUT2D eigenvalue weighted by Crippen LogP contribution is 2.29. The van der Waals surface area contributed by atoms with Crippen LogP contribution in [0.4, 0.5) is 0 Å². The maximum atomic E-state index is 13.3. The van der Waals surface area contributed by atoms with Crippen LogP contribution in [0.25, 0.3) is 22.4 Å². The Balaban J connectivity index is 1.94. The molecule has 0 amide bonds. The number of carbonyl (C=O) groups excluding carboxylic acids is 1. The van der Waals surface area contributed by atoms with Gasteiger partial charge in [-0.15, -0.1) is 0 Å². The van der Waals surface area contributed by atoms with Crippen molar-refractivity contribution in [3.63, 3.8) is 0 Å². The summed E-state index contributed by atoms with van der Waals surface area (Å²) in [6.45, 7) is 0. The third-order valence-electron chi connectivity index (χ3n) is 4.47. The number of carbonyl (C=O) groups is 1. The maximum Gasteiger partial charge on any atom is 0.193 e. The van der Waals surface area contributed by atoms with Crippen molar-refractivity contribution in [2.24, 2.45) is 0 Å². The van der Waals surface area contributed by atoms with E-state index in [4.69, 9.17) is 0 Å². The molecule has 1 heteroatoms. The smallest absolute Gasteiger partial charge is 0.193 e. The summed E-state index contributed by atoms with van der Waals surface area (Å²) in [5, 5.41) is 2.21. The Bertz CT molecular complexity index is 1070. The molecule has 0 spiro atoms. The summed E-state index contributed by atoms with van der Waals surface area (Å²) in [5.41, 5.74) is 3.38. The molecule has 0 aliphatic carbocycles. The van der Waals surface area contributed by atoms with Gasteiger partial charge in [0.25, 0.3) is 0 Å². The Labute approximate surface area is 153 Å². The van der Waals surface area contributed by atoms with Gasteiger partial charge in [0.15, 0.2) is 5.78 Å². The van der Waals surface area contributed by atoms with Crippen molar-refractivity contribution in [3.05, 3.63) is 120 Å². The molecule has 0 unspecified atom stereocenters. The van der Waals surface area contributed by atoms with Crippen molar-refractivity contribution >= 4 is 28.2 Å². The standard InChI is InChI=1S/C25H18O/c26-25(21-13-5-2-6-14-21)24(18-19-10-3-1-4-11-19)23-17-9-15-20-12-7-8-16-22(20)23/h1-18H. The largest absolute Gasteiger partial charge is 0.289 e. The summed E-state index contributed by atoms with van der Waals surface area (Å²) < 4.78 is 0. The number of rotatable bonds is 4. The predicted octanol–water partition coefficient (Wildman–Crippen LogP) is 6.26. The monoisotopic (exact) mass is 334 g/mol. The topological polar surface area (TPSA) is 17.1 Å². The fraction of sp³-hybridized carbons (Fsp3) is 0. The second-order valence-corrected chi connectivity index (χ2v) is 6.19. The molecular formula is C25H18O. The van der Waals surface area contributed by atoms with Crippen molar-refractivity contribution in [1.82, 2.24) is 0 Å². The molecule has 26 heavy (non-hydrogen) atoms. The molecule has 0 aliphatic heterocycles. The lowest BCUT2D eigenvalue weighted by molar-refractivity contribution is 0.105. The maximum absolute atomic E-state index is 13.3. The Hall–Kier alpha value is -3.45. The molecule has 0 bridgehead atoms. The Morgan fingerprint density at radius 1 is 0.615 bits per heavy atom. The quantitative estimate of drug-likeness (QED) is 0.244. The van der Waals surface area contributed by atoms with Gasteiger partial charge in [-0.3, -0.25) is 4.79 Å². The highest BCUT2D eigenvalue weighted by molar-refractivity contribution is 6.34. The molecule has 1 nitrogen and oxygen atoms in total. The summed E-state index contributed by atoms with van der Waals surface area (Å²) >= 11 is 0. The van der Waals surface area contributed by atoms with Gasteiger partial charge in [0, 0.05) is 11.1 Å². The van der Waals surface area contributed by atoms with Crippen LogP contribution >= 0.6 is 0 Å². The van der Waals surface area contributed by atoms with E-state index in [1.165, 1.54) is 0 Å². The molecule has 0 radical (unpaired) electrons. The summed E-state index contributed by atoms with van der Waals surface area (Å²) in [6.07, 6.45) is 1.98. The van der Waals surface area contributed by atoms with Crippen molar-refractivity contribution in [1.29, 1.82) is 0 Å². The molecule has 0 fully saturated rings. The van der Waals surface area contributed by atoms with Gasteiger partial charge in [0.2, 0.25) is 0 Å². The molecule has 0 aliphatic rings. The van der Waals surface area contributed by atoms with Crippen molar-refractivity contribution in [2.45, 2.75) is 0 Å². The van der Waals surface area contributed by atoms with Crippen LogP contribution in [-0.4, -0.2) is 5.78 Å². The van der Waals surface area contributed by atoms with Gasteiger partial charge in [-0.25, -0.2) is 0 Å².